The van der Waals surface area contributed by atoms with E-state index in [1.54, 1.807) is 0 Å². The van der Waals surface area contributed by atoms with Crippen LogP contribution in [-0.2, 0) is 6.54 Å². The molecule has 162 valence electrons. The van der Waals surface area contributed by atoms with Crippen LogP contribution < -0.4 is 10.6 Å². The first-order chi connectivity index (χ1) is 13.8. The highest BCUT2D eigenvalue weighted by Crippen LogP contribution is 2.15. The van der Waals surface area contributed by atoms with E-state index < -0.39 is 0 Å². The number of aliphatic imine (C=N–C) groups is 1. The minimum absolute atomic E-state index is 0. The molecule has 7 heteroatoms. The number of nitrogens with one attached hydrogen (secondary N) is 2. The molecule has 1 fully saturated rings. The van der Waals surface area contributed by atoms with Crippen LogP contribution in [0.5, 0.6) is 0 Å². The Hall–Kier alpha value is -1.35. The third-order valence-electron chi connectivity index (χ3n) is 5.39. The van der Waals surface area contributed by atoms with Crippen LogP contribution in [0.15, 0.2) is 29.3 Å². The van der Waals surface area contributed by atoms with Gasteiger partial charge in [-0.2, -0.15) is 0 Å². The van der Waals surface area contributed by atoms with E-state index in [0.29, 0.717) is 0 Å². The molecule has 2 aromatic rings. The van der Waals surface area contributed by atoms with Crippen molar-refractivity contribution in [3.05, 3.63) is 30.1 Å². The minimum atomic E-state index is 0. The Balaban J connectivity index is 0.00000300. The fourth-order valence-electron chi connectivity index (χ4n) is 3.91. The summed E-state index contributed by atoms with van der Waals surface area (Å²) in [4.78, 5) is 12.0. The molecule has 1 aliphatic heterocycles. The first-order valence-corrected chi connectivity index (χ1v) is 10.9. The maximum Gasteiger partial charge on any atom is 0.191 e. The molecule has 2 heterocycles. The number of hydrogen-bond acceptors (Lipinski definition) is 3. The molecule has 0 saturated carbocycles. The van der Waals surface area contributed by atoms with E-state index in [-0.39, 0.29) is 24.0 Å². The SMILES string of the molecule is CCNC(=NCCCn1c(C)nc2ccccc21)NCCCCN1CCCC1.I. The molecule has 0 bridgehead atoms. The van der Waals surface area contributed by atoms with Crippen LogP contribution in [0.2, 0.25) is 0 Å². The fourth-order valence-corrected chi connectivity index (χ4v) is 3.91. The molecule has 0 aliphatic carbocycles. The molecule has 0 amide bonds. The van der Waals surface area contributed by atoms with Gasteiger partial charge in [-0.05, 0) is 77.7 Å². The zero-order valence-corrected chi connectivity index (χ0v) is 20.3. The number of rotatable bonds is 10. The van der Waals surface area contributed by atoms with Gasteiger partial charge >= 0.3 is 0 Å². The van der Waals surface area contributed by atoms with Crippen molar-refractivity contribution in [1.29, 1.82) is 0 Å². The lowest BCUT2D eigenvalue weighted by Crippen LogP contribution is -2.38. The number of guanidine groups is 1. The molecule has 1 aliphatic rings. The lowest BCUT2D eigenvalue weighted by atomic mass is 10.3. The number of likely N-dealkylation sites (tertiary alicyclic amines) is 1. The zero-order valence-electron chi connectivity index (χ0n) is 18.0. The molecule has 0 unspecified atom stereocenters. The molecule has 0 radical (unpaired) electrons. The van der Waals surface area contributed by atoms with E-state index in [1.165, 1.54) is 50.8 Å². The highest BCUT2D eigenvalue weighted by atomic mass is 127. The van der Waals surface area contributed by atoms with Gasteiger partial charge in [0.25, 0.3) is 0 Å². The van der Waals surface area contributed by atoms with E-state index in [0.717, 1.165) is 49.9 Å². The predicted octanol–water partition coefficient (Wildman–Crippen LogP) is 3.78. The molecule has 1 aromatic heterocycles. The second kappa shape index (κ2) is 13.1. The maximum atomic E-state index is 4.75. The largest absolute Gasteiger partial charge is 0.357 e. The second-order valence-corrected chi connectivity index (χ2v) is 7.60. The van der Waals surface area contributed by atoms with Crippen molar-refractivity contribution in [2.45, 2.75) is 52.5 Å². The summed E-state index contributed by atoms with van der Waals surface area (Å²) in [6, 6.07) is 8.35. The summed E-state index contributed by atoms with van der Waals surface area (Å²) < 4.78 is 2.30. The number of benzene rings is 1. The topological polar surface area (TPSA) is 57.5 Å². The number of aryl methyl sites for hydroxylation is 2. The molecule has 1 saturated heterocycles. The summed E-state index contributed by atoms with van der Waals surface area (Å²) in [5.74, 6) is 2.02. The van der Waals surface area contributed by atoms with Crippen LogP contribution >= 0.6 is 24.0 Å². The van der Waals surface area contributed by atoms with Crippen LogP contribution in [0.1, 0.15) is 44.9 Å². The van der Waals surface area contributed by atoms with Crippen molar-refractivity contribution < 1.29 is 0 Å². The van der Waals surface area contributed by atoms with Crippen molar-refractivity contribution in [1.82, 2.24) is 25.1 Å². The average molecular weight is 512 g/mol. The first kappa shape index (κ1) is 23.9. The van der Waals surface area contributed by atoms with Gasteiger partial charge in [0, 0.05) is 26.2 Å². The molecule has 29 heavy (non-hydrogen) atoms. The Kier molecular flexibility index (Phi) is 10.8. The molecule has 0 atom stereocenters. The van der Waals surface area contributed by atoms with Gasteiger partial charge in [-0.3, -0.25) is 4.99 Å². The summed E-state index contributed by atoms with van der Waals surface area (Å²) in [5, 5.41) is 6.84. The van der Waals surface area contributed by atoms with Crippen LogP contribution in [0.4, 0.5) is 0 Å². The molecule has 0 spiro atoms. The number of fused-ring (bicyclic) bond motifs is 1. The third kappa shape index (κ3) is 7.44. The number of imidazole rings is 1. The summed E-state index contributed by atoms with van der Waals surface area (Å²) in [6.45, 7) is 11.7. The lowest BCUT2D eigenvalue weighted by Gasteiger charge is -2.15. The summed E-state index contributed by atoms with van der Waals surface area (Å²) in [5.41, 5.74) is 2.29. The van der Waals surface area contributed by atoms with E-state index in [4.69, 9.17) is 4.99 Å². The number of nitrogens with zero attached hydrogens (tertiary/aromatic N) is 4. The van der Waals surface area contributed by atoms with Gasteiger partial charge in [0.15, 0.2) is 5.96 Å². The molecule has 1 aromatic carbocycles. The molecule has 3 rings (SSSR count). The van der Waals surface area contributed by atoms with E-state index >= 15 is 0 Å². The molecular formula is C22H37IN6. The van der Waals surface area contributed by atoms with Crippen molar-refractivity contribution in [3.8, 4) is 0 Å². The van der Waals surface area contributed by atoms with Crippen molar-refractivity contribution in [3.63, 3.8) is 0 Å². The van der Waals surface area contributed by atoms with Gasteiger partial charge in [-0.15, -0.1) is 24.0 Å². The Morgan fingerprint density at radius 3 is 2.66 bits per heavy atom. The number of para-hydroxylation sites is 2. The highest BCUT2D eigenvalue weighted by molar-refractivity contribution is 14.0. The third-order valence-corrected chi connectivity index (χ3v) is 5.39. The first-order valence-electron chi connectivity index (χ1n) is 10.9. The summed E-state index contributed by atoms with van der Waals surface area (Å²) in [7, 11) is 0. The molecule has 6 nitrogen and oxygen atoms in total. The Morgan fingerprint density at radius 1 is 1.07 bits per heavy atom. The van der Waals surface area contributed by atoms with Gasteiger partial charge in [0.2, 0.25) is 0 Å². The maximum absolute atomic E-state index is 4.75. The van der Waals surface area contributed by atoms with Crippen LogP contribution in [-0.4, -0.2) is 59.7 Å². The lowest BCUT2D eigenvalue weighted by molar-refractivity contribution is 0.330. The number of hydrogen-bond donors (Lipinski definition) is 2. The zero-order chi connectivity index (χ0) is 19.6. The van der Waals surface area contributed by atoms with Gasteiger partial charge in [0.1, 0.15) is 5.82 Å². The van der Waals surface area contributed by atoms with E-state index in [9.17, 15) is 0 Å². The summed E-state index contributed by atoms with van der Waals surface area (Å²) >= 11 is 0. The van der Waals surface area contributed by atoms with Gasteiger partial charge in [0.05, 0.1) is 11.0 Å². The van der Waals surface area contributed by atoms with Gasteiger partial charge in [-0.25, -0.2) is 4.98 Å². The molecule has 2 N–H and O–H groups in total. The number of halogens is 1. The van der Waals surface area contributed by atoms with Crippen LogP contribution in [0.25, 0.3) is 11.0 Å². The minimum Gasteiger partial charge on any atom is -0.357 e. The highest BCUT2D eigenvalue weighted by Gasteiger charge is 2.10. The quantitative estimate of drug-likeness (QED) is 0.220. The van der Waals surface area contributed by atoms with Crippen molar-refractivity contribution >= 4 is 41.0 Å². The Morgan fingerprint density at radius 2 is 1.86 bits per heavy atom. The van der Waals surface area contributed by atoms with Crippen LogP contribution in [0, 0.1) is 6.92 Å². The fraction of sp³-hybridized carbons (Fsp3) is 0.636. The number of unbranched alkanes of at least 4 members (excludes halogenated alkanes) is 1. The van der Waals surface area contributed by atoms with Gasteiger partial charge in [-0.1, -0.05) is 12.1 Å². The second-order valence-electron chi connectivity index (χ2n) is 7.60. The van der Waals surface area contributed by atoms with Gasteiger partial charge < -0.3 is 20.1 Å². The predicted molar refractivity (Wildman–Crippen MR) is 133 cm³/mol. The summed E-state index contributed by atoms with van der Waals surface area (Å²) in [6.07, 6.45) is 6.22. The number of aromatic nitrogens is 2. The Bertz CT molecular complexity index is 751. The van der Waals surface area contributed by atoms with E-state index in [1.807, 2.05) is 6.07 Å². The van der Waals surface area contributed by atoms with E-state index in [2.05, 4.69) is 57.1 Å². The van der Waals surface area contributed by atoms with Crippen molar-refractivity contribution in [2.75, 3.05) is 39.3 Å². The monoisotopic (exact) mass is 512 g/mol. The smallest absolute Gasteiger partial charge is 0.191 e. The normalized spacial score (nSPS) is 14.9. The Labute approximate surface area is 192 Å². The van der Waals surface area contributed by atoms with Crippen molar-refractivity contribution in [2.24, 2.45) is 4.99 Å². The van der Waals surface area contributed by atoms with Crippen LogP contribution in [0.3, 0.4) is 0 Å². The average Bonchev–Trinajstić information content (AvgIpc) is 3.32. The standard InChI is InChI=1S/C22H36N6.HI/c1-3-23-22(24-13-6-7-15-27-16-8-9-17-27)25-14-10-18-28-19(2)26-20-11-4-5-12-21(20)28;/h4-5,11-12H,3,6-10,13-18H2,1-2H3,(H2,23,24,25);1H. The molecular weight excluding hydrogens is 475 g/mol.